The molecule has 6 heteroatoms. The number of nitrogens with zero attached hydrogens (tertiary/aromatic N) is 1. The van der Waals surface area contributed by atoms with E-state index in [4.69, 9.17) is 0 Å². The number of carbonyl (C=O) groups is 3. The second-order valence-electron chi connectivity index (χ2n) is 5.37. The molecule has 0 radical (unpaired) electrons. The summed E-state index contributed by atoms with van der Waals surface area (Å²) in [6, 6.07) is 5.15. The van der Waals surface area contributed by atoms with E-state index in [0.717, 1.165) is 24.0 Å². The van der Waals surface area contributed by atoms with E-state index in [2.05, 4.69) is 10.6 Å². The molecule has 1 aromatic rings. The van der Waals surface area contributed by atoms with Gasteiger partial charge in [0.2, 0.25) is 5.91 Å². The van der Waals surface area contributed by atoms with Crippen LogP contribution in [0.25, 0.3) is 0 Å². The Hall–Kier alpha value is -2.21. The van der Waals surface area contributed by atoms with Crippen molar-refractivity contribution >= 4 is 18.1 Å². The summed E-state index contributed by atoms with van der Waals surface area (Å²) < 4.78 is 0. The second kappa shape index (κ2) is 7.17. The average molecular weight is 303 g/mol. The monoisotopic (exact) mass is 303 g/mol. The van der Waals surface area contributed by atoms with Gasteiger partial charge in [-0.05, 0) is 30.7 Å². The highest BCUT2D eigenvalue weighted by Crippen LogP contribution is 2.26. The number of nitrogens with one attached hydrogen (secondary N) is 2. The largest absolute Gasteiger partial charge is 0.359 e. The van der Waals surface area contributed by atoms with Gasteiger partial charge in [-0.15, -0.1) is 0 Å². The number of aldehydes is 1. The van der Waals surface area contributed by atoms with Gasteiger partial charge in [0.1, 0.15) is 6.29 Å². The van der Waals surface area contributed by atoms with Crippen molar-refractivity contribution in [3.05, 3.63) is 34.9 Å². The van der Waals surface area contributed by atoms with Crippen LogP contribution in [-0.4, -0.2) is 43.1 Å². The molecule has 1 unspecified atom stereocenters. The van der Waals surface area contributed by atoms with Gasteiger partial charge in [-0.1, -0.05) is 12.1 Å². The van der Waals surface area contributed by atoms with Gasteiger partial charge >= 0.3 is 0 Å². The summed E-state index contributed by atoms with van der Waals surface area (Å²) in [7, 11) is 3.42. The van der Waals surface area contributed by atoms with E-state index in [1.54, 1.807) is 11.9 Å². The number of fused-ring (bicyclic) bond motifs is 1. The van der Waals surface area contributed by atoms with Crippen LogP contribution in [-0.2, 0) is 22.7 Å². The predicted octanol–water partition coefficient (Wildman–Crippen LogP) is 0.456. The lowest BCUT2D eigenvalue weighted by atomic mass is 10.1. The zero-order chi connectivity index (χ0) is 16.1. The molecular formula is C16H21N3O3. The van der Waals surface area contributed by atoms with Crippen LogP contribution in [0.1, 0.15) is 34.3 Å². The van der Waals surface area contributed by atoms with Crippen LogP contribution in [0.5, 0.6) is 0 Å². The van der Waals surface area contributed by atoms with Crippen molar-refractivity contribution in [1.29, 1.82) is 0 Å². The Labute approximate surface area is 129 Å². The molecule has 0 aromatic heterocycles. The van der Waals surface area contributed by atoms with Crippen molar-refractivity contribution in [2.24, 2.45) is 0 Å². The molecule has 118 valence electrons. The molecule has 0 aliphatic carbocycles. The number of carbonyl (C=O) groups excluding carboxylic acids is 3. The minimum absolute atomic E-state index is 0.132. The third-order valence-electron chi connectivity index (χ3n) is 3.89. The first kappa shape index (κ1) is 16.2. The normalized spacial score (nSPS) is 14.6. The van der Waals surface area contributed by atoms with Gasteiger partial charge in [0, 0.05) is 32.1 Å². The minimum Gasteiger partial charge on any atom is -0.359 e. The second-order valence-corrected chi connectivity index (χ2v) is 5.37. The van der Waals surface area contributed by atoms with Gasteiger partial charge in [0.25, 0.3) is 5.91 Å². The van der Waals surface area contributed by atoms with E-state index >= 15 is 0 Å². The van der Waals surface area contributed by atoms with Gasteiger partial charge in [0.05, 0.1) is 6.04 Å². The van der Waals surface area contributed by atoms with Crippen molar-refractivity contribution in [2.45, 2.75) is 32.0 Å². The van der Waals surface area contributed by atoms with Crippen LogP contribution in [0.3, 0.4) is 0 Å². The third kappa shape index (κ3) is 3.33. The molecule has 1 aromatic carbocycles. The summed E-state index contributed by atoms with van der Waals surface area (Å²) >= 11 is 0. The standard InChI is InChI=1S/C16H21N3O3/c1-17-8-11-3-5-14-12(7-11)9-19(16(14)22)13(10-20)4-6-15(21)18-2/h3,5,7,10,13,17H,4,6,8-9H2,1-2H3,(H,18,21). The number of rotatable bonds is 7. The Balaban J connectivity index is 2.11. The summed E-state index contributed by atoms with van der Waals surface area (Å²) in [4.78, 5) is 36.6. The predicted molar refractivity (Wildman–Crippen MR) is 82.2 cm³/mol. The molecule has 22 heavy (non-hydrogen) atoms. The molecule has 0 spiro atoms. The summed E-state index contributed by atoms with van der Waals surface area (Å²) in [5.41, 5.74) is 2.68. The van der Waals surface area contributed by atoms with Crippen LogP contribution in [0, 0.1) is 0 Å². The maximum absolute atomic E-state index is 12.4. The molecule has 1 aliphatic heterocycles. The zero-order valence-electron chi connectivity index (χ0n) is 12.9. The van der Waals surface area contributed by atoms with Crippen molar-refractivity contribution < 1.29 is 14.4 Å². The first-order valence-corrected chi connectivity index (χ1v) is 7.34. The van der Waals surface area contributed by atoms with Crippen molar-refractivity contribution in [3.63, 3.8) is 0 Å². The number of hydrogen-bond acceptors (Lipinski definition) is 4. The fourth-order valence-electron chi connectivity index (χ4n) is 2.68. The van der Waals surface area contributed by atoms with Crippen LogP contribution in [0.4, 0.5) is 0 Å². The van der Waals surface area contributed by atoms with E-state index in [0.29, 0.717) is 18.5 Å². The van der Waals surface area contributed by atoms with Gasteiger partial charge in [-0.25, -0.2) is 0 Å². The highest BCUT2D eigenvalue weighted by atomic mass is 16.2. The van der Waals surface area contributed by atoms with E-state index in [1.807, 2.05) is 25.2 Å². The maximum Gasteiger partial charge on any atom is 0.255 e. The average Bonchev–Trinajstić information content (AvgIpc) is 2.85. The van der Waals surface area contributed by atoms with Crippen LogP contribution < -0.4 is 10.6 Å². The third-order valence-corrected chi connectivity index (χ3v) is 3.89. The summed E-state index contributed by atoms with van der Waals surface area (Å²) in [6.07, 6.45) is 1.32. The molecule has 0 bridgehead atoms. The maximum atomic E-state index is 12.4. The Morgan fingerprint density at radius 1 is 1.41 bits per heavy atom. The molecule has 6 nitrogen and oxygen atoms in total. The minimum atomic E-state index is -0.565. The van der Waals surface area contributed by atoms with Gasteiger partial charge in [-0.2, -0.15) is 0 Å². The molecule has 1 heterocycles. The lowest BCUT2D eigenvalue weighted by molar-refractivity contribution is -0.121. The Kier molecular flexibility index (Phi) is 5.27. The number of hydrogen-bond donors (Lipinski definition) is 2. The zero-order valence-corrected chi connectivity index (χ0v) is 12.9. The van der Waals surface area contributed by atoms with Crippen LogP contribution in [0.15, 0.2) is 18.2 Å². The molecule has 1 atom stereocenters. The molecular weight excluding hydrogens is 282 g/mol. The van der Waals surface area contributed by atoms with E-state index in [1.165, 1.54) is 0 Å². The molecule has 2 N–H and O–H groups in total. The number of benzene rings is 1. The van der Waals surface area contributed by atoms with E-state index < -0.39 is 6.04 Å². The Morgan fingerprint density at radius 2 is 2.18 bits per heavy atom. The Morgan fingerprint density at radius 3 is 2.82 bits per heavy atom. The first-order valence-electron chi connectivity index (χ1n) is 7.34. The summed E-state index contributed by atoms with van der Waals surface area (Å²) in [5, 5.41) is 5.59. The summed E-state index contributed by atoms with van der Waals surface area (Å²) in [6.45, 7) is 1.15. The molecule has 0 saturated heterocycles. The van der Waals surface area contributed by atoms with Gasteiger partial charge in [-0.3, -0.25) is 9.59 Å². The van der Waals surface area contributed by atoms with Crippen LogP contribution >= 0.6 is 0 Å². The lowest BCUT2D eigenvalue weighted by Gasteiger charge is -2.22. The molecule has 2 amide bonds. The van der Waals surface area contributed by atoms with E-state index in [9.17, 15) is 14.4 Å². The van der Waals surface area contributed by atoms with Crippen molar-refractivity contribution in [3.8, 4) is 0 Å². The van der Waals surface area contributed by atoms with Crippen molar-refractivity contribution in [2.75, 3.05) is 14.1 Å². The quantitative estimate of drug-likeness (QED) is 0.717. The molecule has 0 saturated carbocycles. The lowest BCUT2D eigenvalue weighted by Crippen LogP contribution is -2.37. The fourth-order valence-corrected chi connectivity index (χ4v) is 2.68. The topological polar surface area (TPSA) is 78.5 Å². The Bertz CT molecular complexity index is 586. The SMILES string of the molecule is CNCc1ccc2c(c1)CN(C(C=O)CCC(=O)NC)C2=O. The number of amides is 2. The smallest absolute Gasteiger partial charge is 0.255 e. The molecule has 2 rings (SSSR count). The van der Waals surface area contributed by atoms with Crippen LogP contribution in [0.2, 0.25) is 0 Å². The highest BCUT2D eigenvalue weighted by Gasteiger charge is 2.32. The van der Waals surface area contributed by atoms with Gasteiger partial charge in [0.15, 0.2) is 0 Å². The molecule has 0 fully saturated rings. The van der Waals surface area contributed by atoms with Crippen molar-refractivity contribution in [1.82, 2.24) is 15.5 Å². The van der Waals surface area contributed by atoms with Gasteiger partial charge < -0.3 is 20.3 Å². The van der Waals surface area contributed by atoms with E-state index in [-0.39, 0.29) is 18.2 Å². The molecule has 1 aliphatic rings. The summed E-state index contributed by atoms with van der Waals surface area (Å²) in [5.74, 6) is -0.271. The fraction of sp³-hybridized carbons (Fsp3) is 0.438. The first-order chi connectivity index (χ1) is 10.6. The highest BCUT2D eigenvalue weighted by molar-refractivity contribution is 5.99.